The zero-order chi connectivity index (χ0) is 21.8. The van der Waals surface area contributed by atoms with Gasteiger partial charge in [-0.05, 0) is 30.7 Å². The molecule has 7 nitrogen and oxygen atoms in total. The van der Waals surface area contributed by atoms with E-state index in [-0.39, 0.29) is 18.6 Å². The number of benzene rings is 2. The summed E-state index contributed by atoms with van der Waals surface area (Å²) in [5, 5.41) is 9.65. The van der Waals surface area contributed by atoms with Crippen LogP contribution in [0, 0.1) is 6.92 Å². The fourth-order valence-corrected chi connectivity index (χ4v) is 3.50. The van der Waals surface area contributed by atoms with Gasteiger partial charge in [0.2, 0.25) is 5.91 Å². The Hall–Kier alpha value is -3.58. The lowest BCUT2D eigenvalue weighted by Crippen LogP contribution is -2.44. The first-order valence-electron chi connectivity index (χ1n) is 10.3. The molecular weight excluding hydrogens is 390 g/mol. The highest BCUT2D eigenvalue weighted by Crippen LogP contribution is 2.37. The summed E-state index contributed by atoms with van der Waals surface area (Å²) in [6.45, 7) is 2.86. The molecule has 1 unspecified atom stereocenters. The summed E-state index contributed by atoms with van der Waals surface area (Å²) < 4.78 is 6.02. The minimum absolute atomic E-state index is 0.00774. The summed E-state index contributed by atoms with van der Waals surface area (Å²) in [5.41, 5.74) is 5.27. The molecule has 160 valence electrons. The Balaban J connectivity index is 1.41. The quantitative estimate of drug-likeness (QED) is 0.547. The number of hydrogen-bond donors (Lipinski definition) is 3. The molecule has 31 heavy (non-hydrogen) atoms. The topological polar surface area (TPSA) is 78.5 Å². The van der Waals surface area contributed by atoms with Crippen molar-refractivity contribution in [1.82, 2.24) is 15.6 Å². The smallest absolute Gasteiger partial charge is 0.225 e. The van der Waals surface area contributed by atoms with Gasteiger partial charge in [-0.15, -0.1) is 0 Å². The van der Waals surface area contributed by atoms with Crippen molar-refractivity contribution in [3.8, 4) is 11.5 Å². The molecule has 7 heteroatoms. The lowest BCUT2D eigenvalue weighted by atomic mass is 10.1. The standard InChI is InChI=1S/C24H27N5O2/c1-16-4-6-17(7-5-16)15-27-24-28-21-14-19(8-9-22(21)29(24)3)31-20-10-11-26-18(12-20)13-23(30)25-2/h4-12,14,24,27-28H,13,15H2,1-3H3,(H,25,30). The molecule has 1 aromatic heterocycles. The van der Waals surface area contributed by atoms with E-state index in [2.05, 4.69) is 64.1 Å². The highest BCUT2D eigenvalue weighted by Gasteiger charge is 2.25. The van der Waals surface area contributed by atoms with Crippen LogP contribution in [0.4, 0.5) is 11.4 Å². The molecule has 4 rings (SSSR count). The summed E-state index contributed by atoms with van der Waals surface area (Å²) in [7, 11) is 3.67. The summed E-state index contributed by atoms with van der Waals surface area (Å²) >= 11 is 0. The Labute approximate surface area is 182 Å². The molecule has 0 bridgehead atoms. The monoisotopic (exact) mass is 417 g/mol. The molecule has 1 aliphatic rings. The predicted molar refractivity (Wildman–Crippen MR) is 122 cm³/mol. The van der Waals surface area contributed by atoms with Gasteiger partial charge in [-0.2, -0.15) is 0 Å². The average molecular weight is 418 g/mol. The Kier molecular flexibility index (Phi) is 6.04. The molecule has 0 aliphatic carbocycles. The largest absolute Gasteiger partial charge is 0.457 e. The van der Waals surface area contributed by atoms with Gasteiger partial charge in [-0.25, -0.2) is 0 Å². The number of fused-ring (bicyclic) bond motifs is 1. The van der Waals surface area contributed by atoms with Crippen LogP contribution in [0.15, 0.2) is 60.8 Å². The van der Waals surface area contributed by atoms with Crippen molar-refractivity contribution in [3.05, 3.63) is 77.6 Å². The van der Waals surface area contributed by atoms with Gasteiger partial charge in [-0.3, -0.25) is 15.1 Å². The van der Waals surface area contributed by atoms with Crippen LogP contribution in [0.5, 0.6) is 11.5 Å². The van der Waals surface area contributed by atoms with E-state index in [1.165, 1.54) is 11.1 Å². The second-order valence-corrected chi connectivity index (χ2v) is 7.64. The highest BCUT2D eigenvalue weighted by atomic mass is 16.5. The minimum atomic E-state index is -0.0846. The van der Waals surface area contributed by atoms with Crippen molar-refractivity contribution >= 4 is 17.3 Å². The first kappa shape index (κ1) is 20.7. The Morgan fingerprint density at radius 3 is 2.68 bits per heavy atom. The number of rotatable bonds is 7. The molecule has 1 amide bonds. The number of nitrogens with zero attached hydrogens (tertiary/aromatic N) is 2. The van der Waals surface area contributed by atoms with E-state index < -0.39 is 0 Å². The Bertz CT molecular complexity index is 1070. The number of ether oxygens (including phenoxy) is 1. The number of nitrogens with one attached hydrogen (secondary N) is 3. The SMILES string of the molecule is CNC(=O)Cc1cc(Oc2ccc3c(c2)NC(NCc2ccc(C)cc2)N3C)ccn1. The fraction of sp³-hybridized carbons (Fsp3) is 0.250. The van der Waals surface area contributed by atoms with Crippen LogP contribution in [0.3, 0.4) is 0 Å². The van der Waals surface area contributed by atoms with Crippen molar-refractivity contribution in [2.24, 2.45) is 0 Å². The van der Waals surface area contributed by atoms with Crippen LogP contribution in [-0.4, -0.2) is 31.3 Å². The van der Waals surface area contributed by atoms with Gasteiger partial charge in [0.15, 0.2) is 6.29 Å². The van der Waals surface area contributed by atoms with Crippen molar-refractivity contribution < 1.29 is 9.53 Å². The van der Waals surface area contributed by atoms with Gasteiger partial charge in [0.1, 0.15) is 11.5 Å². The van der Waals surface area contributed by atoms with Crippen molar-refractivity contribution in [3.63, 3.8) is 0 Å². The first-order chi connectivity index (χ1) is 15.0. The van der Waals surface area contributed by atoms with E-state index in [4.69, 9.17) is 4.74 Å². The number of amides is 1. The van der Waals surface area contributed by atoms with Gasteiger partial charge >= 0.3 is 0 Å². The van der Waals surface area contributed by atoms with Crippen LogP contribution in [0.25, 0.3) is 0 Å². The van der Waals surface area contributed by atoms with Crippen LogP contribution in [-0.2, 0) is 17.8 Å². The molecule has 0 fully saturated rings. The number of aromatic nitrogens is 1. The maximum Gasteiger partial charge on any atom is 0.225 e. The number of anilines is 2. The van der Waals surface area contributed by atoms with Crippen molar-refractivity contribution in [1.29, 1.82) is 0 Å². The molecule has 3 aromatic rings. The number of carbonyl (C=O) groups excluding carboxylic acids is 1. The van der Waals surface area contributed by atoms with E-state index in [9.17, 15) is 4.79 Å². The minimum Gasteiger partial charge on any atom is -0.457 e. The van der Waals surface area contributed by atoms with Gasteiger partial charge in [-0.1, -0.05) is 29.8 Å². The lowest BCUT2D eigenvalue weighted by molar-refractivity contribution is -0.120. The van der Waals surface area contributed by atoms with E-state index in [1.807, 2.05) is 18.2 Å². The van der Waals surface area contributed by atoms with Gasteiger partial charge in [0.05, 0.1) is 23.5 Å². The lowest BCUT2D eigenvalue weighted by Gasteiger charge is -2.23. The second-order valence-electron chi connectivity index (χ2n) is 7.64. The maximum absolute atomic E-state index is 11.6. The molecule has 0 radical (unpaired) electrons. The normalized spacial score (nSPS) is 14.7. The molecular formula is C24H27N5O2. The van der Waals surface area contributed by atoms with Crippen LogP contribution < -0.4 is 25.6 Å². The molecule has 0 saturated heterocycles. The van der Waals surface area contributed by atoms with Gasteiger partial charge in [0.25, 0.3) is 0 Å². The molecule has 2 aromatic carbocycles. The molecule has 0 spiro atoms. The number of pyridine rings is 1. The summed E-state index contributed by atoms with van der Waals surface area (Å²) in [6, 6.07) is 18.1. The molecule has 0 saturated carbocycles. The number of carbonyl (C=O) groups is 1. The fourth-order valence-electron chi connectivity index (χ4n) is 3.50. The first-order valence-corrected chi connectivity index (χ1v) is 10.3. The molecule has 1 aliphatic heterocycles. The van der Waals surface area contributed by atoms with Crippen LogP contribution in [0.1, 0.15) is 16.8 Å². The average Bonchev–Trinajstić information content (AvgIpc) is 3.08. The molecule has 1 atom stereocenters. The number of hydrogen-bond acceptors (Lipinski definition) is 6. The Morgan fingerprint density at radius 2 is 1.90 bits per heavy atom. The van der Waals surface area contributed by atoms with Crippen molar-refractivity contribution in [2.45, 2.75) is 26.2 Å². The van der Waals surface area contributed by atoms with Crippen molar-refractivity contribution in [2.75, 3.05) is 24.3 Å². The van der Waals surface area contributed by atoms with Gasteiger partial charge < -0.3 is 20.3 Å². The molecule has 2 heterocycles. The summed E-state index contributed by atoms with van der Waals surface area (Å²) in [4.78, 5) is 18.0. The number of likely N-dealkylation sites (N-methyl/N-ethyl adjacent to an activating group) is 1. The summed E-state index contributed by atoms with van der Waals surface area (Å²) in [5.74, 6) is 1.28. The molecule has 3 N–H and O–H groups in total. The van der Waals surface area contributed by atoms with Crippen LogP contribution >= 0.6 is 0 Å². The van der Waals surface area contributed by atoms with E-state index in [0.717, 1.165) is 23.7 Å². The Morgan fingerprint density at radius 1 is 1.13 bits per heavy atom. The van der Waals surface area contributed by atoms with Gasteiger partial charge in [0, 0.05) is 39.0 Å². The predicted octanol–water partition coefficient (Wildman–Crippen LogP) is 3.41. The van der Waals surface area contributed by atoms with E-state index >= 15 is 0 Å². The van der Waals surface area contributed by atoms with Crippen LogP contribution in [0.2, 0.25) is 0 Å². The third-order valence-corrected chi connectivity index (χ3v) is 5.29. The summed E-state index contributed by atoms with van der Waals surface area (Å²) in [6.07, 6.45) is 1.86. The maximum atomic E-state index is 11.6. The van der Waals surface area contributed by atoms with E-state index in [0.29, 0.717) is 11.4 Å². The van der Waals surface area contributed by atoms with E-state index in [1.54, 1.807) is 25.4 Å². The zero-order valence-corrected chi connectivity index (χ0v) is 18.0. The zero-order valence-electron chi connectivity index (χ0n) is 18.0. The second kappa shape index (κ2) is 9.06. The highest BCUT2D eigenvalue weighted by molar-refractivity contribution is 5.78. The number of aryl methyl sites for hydroxylation is 1. The third-order valence-electron chi connectivity index (χ3n) is 5.29. The third kappa shape index (κ3) is 4.95.